The first-order valence-corrected chi connectivity index (χ1v) is 7.81. The molecule has 4 nitrogen and oxygen atoms in total. The Balaban J connectivity index is 0.00000208. The number of nitrogens with one attached hydrogen (secondary N) is 1. The summed E-state index contributed by atoms with van der Waals surface area (Å²) in [5.41, 5.74) is 4.57. The van der Waals surface area contributed by atoms with Crippen LogP contribution in [0.2, 0.25) is 0 Å². The largest absolute Gasteiger partial charge is 0.352 e. The Labute approximate surface area is 160 Å². The number of hydrogen-bond acceptors (Lipinski definition) is 2. The molecule has 0 saturated heterocycles. The molecule has 1 N–H and O–H groups in total. The van der Waals surface area contributed by atoms with E-state index < -0.39 is 0 Å². The number of nitrogens with zero attached hydrogens (tertiary/aromatic N) is 3. The molecule has 0 unspecified atom stereocenters. The van der Waals surface area contributed by atoms with Crippen LogP contribution in [-0.2, 0) is 19.5 Å². The highest BCUT2D eigenvalue weighted by atomic mass is 127. The summed E-state index contributed by atoms with van der Waals surface area (Å²) >= 11 is 0. The van der Waals surface area contributed by atoms with E-state index in [0.29, 0.717) is 12.1 Å². The fourth-order valence-electron chi connectivity index (χ4n) is 2.94. The minimum Gasteiger partial charge on any atom is -0.352 e. The number of benzene rings is 2. The van der Waals surface area contributed by atoms with Crippen LogP contribution in [-0.4, -0.2) is 24.5 Å². The van der Waals surface area contributed by atoms with Crippen LogP contribution in [0.5, 0.6) is 0 Å². The average molecular weight is 432 g/mol. The van der Waals surface area contributed by atoms with Gasteiger partial charge in [-0.25, -0.2) is 0 Å². The summed E-state index contributed by atoms with van der Waals surface area (Å²) in [6.45, 7) is 2.52. The summed E-state index contributed by atoms with van der Waals surface area (Å²) in [4.78, 5) is 6.68. The number of nitriles is 1. The van der Waals surface area contributed by atoms with E-state index in [0.717, 1.165) is 31.0 Å². The molecule has 0 bridgehead atoms. The lowest BCUT2D eigenvalue weighted by Crippen LogP contribution is -2.43. The molecule has 0 atom stereocenters. The zero-order valence-corrected chi connectivity index (χ0v) is 16.0. The first-order chi connectivity index (χ1) is 11.3. The summed E-state index contributed by atoms with van der Waals surface area (Å²) in [5.74, 6) is 0.905. The molecular formula is C19H21IN4. The smallest absolute Gasteiger partial charge is 0.194 e. The summed E-state index contributed by atoms with van der Waals surface area (Å²) < 4.78 is 0. The van der Waals surface area contributed by atoms with E-state index in [1.165, 1.54) is 11.1 Å². The zero-order chi connectivity index (χ0) is 16.1. The maximum absolute atomic E-state index is 8.98. The van der Waals surface area contributed by atoms with Crippen molar-refractivity contribution in [2.24, 2.45) is 4.99 Å². The number of guanidine groups is 1. The van der Waals surface area contributed by atoms with Crippen molar-refractivity contribution in [2.75, 3.05) is 13.6 Å². The number of fused-ring (bicyclic) bond motifs is 1. The quantitative estimate of drug-likeness (QED) is 0.450. The lowest BCUT2D eigenvalue weighted by atomic mass is 10.0. The average Bonchev–Trinajstić information content (AvgIpc) is 2.62. The van der Waals surface area contributed by atoms with Crippen molar-refractivity contribution >= 4 is 29.9 Å². The van der Waals surface area contributed by atoms with Gasteiger partial charge < -0.3 is 10.2 Å². The highest BCUT2D eigenvalue weighted by Gasteiger charge is 2.18. The molecule has 0 radical (unpaired) electrons. The molecule has 1 heterocycles. The van der Waals surface area contributed by atoms with Crippen molar-refractivity contribution < 1.29 is 0 Å². The van der Waals surface area contributed by atoms with Gasteiger partial charge in [0.2, 0.25) is 0 Å². The third-order valence-electron chi connectivity index (χ3n) is 4.15. The zero-order valence-electron chi connectivity index (χ0n) is 13.7. The molecule has 2 aromatic rings. The van der Waals surface area contributed by atoms with E-state index in [2.05, 4.69) is 45.5 Å². The van der Waals surface area contributed by atoms with Gasteiger partial charge in [-0.2, -0.15) is 5.26 Å². The van der Waals surface area contributed by atoms with Gasteiger partial charge in [-0.15, -0.1) is 24.0 Å². The van der Waals surface area contributed by atoms with Crippen LogP contribution >= 0.6 is 24.0 Å². The van der Waals surface area contributed by atoms with Crippen LogP contribution in [0.15, 0.2) is 53.5 Å². The Kier molecular flexibility index (Phi) is 6.62. The molecular weight excluding hydrogens is 411 g/mol. The molecule has 124 valence electrons. The van der Waals surface area contributed by atoms with Crippen LogP contribution in [0.25, 0.3) is 0 Å². The minimum absolute atomic E-state index is 0. The molecule has 0 aliphatic carbocycles. The van der Waals surface area contributed by atoms with Crippen LogP contribution in [0.4, 0.5) is 0 Å². The number of aliphatic imine (C=N–C) groups is 1. The molecule has 24 heavy (non-hydrogen) atoms. The molecule has 0 saturated carbocycles. The second-order valence-corrected chi connectivity index (χ2v) is 5.65. The summed E-state index contributed by atoms with van der Waals surface area (Å²) in [6.07, 6.45) is 1.04. The van der Waals surface area contributed by atoms with Crippen molar-refractivity contribution in [2.45, 2.75) is 19.5 Å². The van der Waals surface area contributed by atoms with Gasteiger partial charge in [-0.05, 0) is 35.2 Å². The third kappa shape index (κ3) is 4.26. The second kappa shape index (κ2) is 8.69. The molecule has 5 heteroatoms. The van der Waals surface area contributed by atoms with Crippen molar-refractivity contribution in [1.29, 1.82) is 5.26 Å². The van der Waals surface area contributed by atoms with Crippen molar-refractivity contribution in [3.63, 3.8) is 0 Å². The highest BCUT2D eigenvalue weighted by molar-refractivity contribution is 14.0. The molecule has 2 aromatic carbocycles. The standard InChI is InChI=1S/C19H20N4.HI/c1-21-19(22-13-16-6-4-5-15(11-16)12-20)23-10-9-17-7-2-3-8-18(17)14-23;/h2-8,11H,9-10,13-14H2,1H3,(H,21,22);1H. The van der Waals surface area contributed by atoms with Gasteiger partial charge in [-0.1, -0.05) is 36.4 Å². The van der Waals surface area contributed by atoms with Crippen molar-refractivity contribution in [3.8, 4) is 6.07 Å². The van der Waals surface area contributed by atoms with E-state index >= 15 is 0 Å². The SMILES string of the molecule is CN=C(NCc1cccc(C#N)c1)N1CCc2ccccc2C1.I. The van der Waals surface area contributed by atoms with Gasteiger partial charge in [-0.3, -0.25) is 4.99 Å². The lowest BCUT2D eigenvalue weighted by molar-refractivity contribution is 0.378. The van der Waals surface area contributed by atoms with E-state index in [9.17, 15) is 0 Å². The van der Waals surface area contributed by atoms with Gasteiger partial charge in [0.1, 0.15) is 0 Å². The Morgan fingerprint density at radius 3 is 2.75 bits per heavy atom. The third-order valence-corrected chi connectivity index (χ3v) is 4.15. The maximum Gasteiger partial charge on any atom is 0.194 e. The van der Waals surface area contributed by atoms with Crippen LogP contribution < -0.4 is 5.32 Å². The van der Waals surface area contributed by atoms with Crippen LogP contribution in [0.1, 0.15) is 22.3 Å². The Morgan fingerprint density at radius 2 is 2.00 bits per heavy atom. The second-order valence-electron chi connectivity index (χ2n) is 5.65. The van der Waals surface area contributed by atoms with Gasteiger partial charge in [0.05, 0.1) is 11.6 Å². The summed E-state index contributed by atoms with van der Waals surface area (Å²) in [5, 5.41) is 12.4. The van der Waals surface area contributed by atoms with Gasteiger partial charge in [0.25, 0.3) is 0 Å². The van der Waals surface area contributed by atoms with E-state index in [-0.39, 0.29) is 24.0 Å². The van der Waals surface area contributed by atoms with E-state index in [4.69, 9.17) is 5.26 Å². The Hall–Kier alpha value is -2.07. The van der Waals surface area contributed by atoms with Crippen LogP contribution in [0.3, 0.4) is 0 Å². The van der Waals surface area contributed by atoms with Gasteiger partial charge in [0, 0.05) is 26.7 Å². The van der Waals surface area contributed by atoms with Crippen molar-refractivity contribution in [1.82, 2.24) is 10.2 Å². The molecule has 3 rings (SSSR count). The first-order valence-electron chi connectivity index (χ1n) is 7.81. The van der Waals surface area contributed by atoms with Gasteiger partial charge in [0.15, 0.2) is 5.96 Å². The van der Waals surface area contributed by atoms with Crippen LogP contribution in [0, 0.1) is 11.3 Å². The molecule has 0 spiro atoms. The summed E-state index contributed by atoms with van der Waals surface area (Å²) in [7, 11) is 1.81. The van der Waals surface area contributed by atoms with E-state index in [1.807, 2.05) is 31.3 Å². The molecule has 0 aromatic heterocycles. The summed E-state index contributed by atoms with van der Waals surface area (Å²) in [6, 6.07) is 18.4. The van der Waals surface area contributed by atoms with E-state index in [1.54, 1.807) is 0 Å². The Bertz CT molecular complexity index is 764. The molecule has 1 aliphatic heterocycles. The maximum atomic E-state index is 8.98. The molecule has 1 aliphatic rings. The number of rotatable bonds is 2. The predicted octanol–water partition coefficient (Wildman–Crippen LogP) is 3.31. The fraction of sp³-hybridized carbons (Fsp3) is 0.263. The van der Waals surface area contributed by atoms with Gasteiger partial charge >= 0.3 is 0 Å². The Morgan fingerprint density at radius 1 is 1.21 bits per heavy atom. The number of halogens is 1. The fourth-order valence-corrected chi connectivity index (χ4v) is 2.94. The normalized spacial score (nSPS) is 13.5. The monoisotopic (exact) mass is 432 g/mol. The first kappa shape index (κ1) is 18.3. The molecule has 0 fully saturated rings. The minimum atomic E-state index is 0. The molecule has 0 amide bonds. The lowest BCUT2D eigenvalue weighted by Gasteiger charge is -2.31. The highest BCUT2D eigenvalue weighted by Crippen LogP contribution is 2.18. The number of hydrogen-bond donors (Lipinski definition) is 1. The topological polar surface area (TPSA) is 51.4 Å². The predicted molar refractivity (Wildman–Crippen MR) is 107 cm³/mol. The van der Waals surface area contributed by atoms with Crippen molar-refractivity contribution in [3.05, 3.63) is 70.8 Å².